The summed E-state index contributed by atoms with van der Waals surface area (Å²) in [5.41, 5.74) is 0. The Bertz CT molecular complexity index is 56.0. The molecule has 0 bridgehead atoms. The molecule has 0 aromatic heterocycles. The molecule has 2 heteroatoms. The van der Waals surface area contributed by atoms with Gasteiger partial charge < -0.3 is 0 Å². The van der Waals surface area contributed by atoms with Crippen LogP contribution < -0.4 is 0 Å². The van der Waals surface area contributed by atoms with Gasteiger partial charge in [-0.3, -0.25) is 0 Å². The van der Waals surface area contributed by atoms with Crippen molar-refractivity contribution in [2.24, 2.45) is 0 Å². The zero-order valence-electron chi connectivity index (χ0n) is 5.38. The molecular weight excluding hydrogens is 187 g/mol. The van der Waals surface area contributed by atoms with Crippen LogP contribution in [0.5, 0.6) is 0 Å². The van der Waals surface area contributed by atoms with Gasteiger partial charge in [0.1, 0.15) is 0 Å². The van der Waals surface area contributed by atoms with Gasteiger partial charge in [0.15, 0.2) is 0 Å². The van der Waals surface area contributed by atoms with Crippen LogP contribution >= 0.6 is 27.5 Å². The van der Waals surface area contributed by atoms with Gasteiger partial charge in [0.25, 0.3) is 0 Å². The maximum absolute atomic E-state index is 5.49. The van der Waals surface area contributed by atoms with Crippen molar-refractivity contribution >= 4 is 27.5 Å². The summed E-state index contributed by atoms with van der Waals surface area (Å²) in [6.45, 7) is 4.30. The third-order valence-electron chi connectivity index (χ3n) is 0.905. The van der Waals surface area contributed by atoms with E-state index in [4.69, 9.17) is 11.6 Å². The lowest BCUT2D eigenvalue weighted by Crippen LogP contribution is -2.08. The molecule has 0 nitrogen and oxygen atoms in total. The van der Waals surface area contributed by atoms with Gasteiger partial charge in [0.2, 0.25) is 0 Å². The minimum absolute atomic E-state index is 0.280. The molecule has 50 valence electrons. The van der Waals surface area contributed by atoms with Crippen LogP contribution in [0.25, 0.3) is 0 Å². The Morgan fingerprint density at radius 1 is 1.50 bits per heavy atom. The van der Waals surface area contributed by atoms with Gasteiger partial charge in [-0.15, -0.1) is 11.6 Å². The second kappa shape index (κ2) is 3.73. The number of rotatable bonds is 3. The van der Waals surface area contributed by atoms with E-state index in [9.17, 15) is 0 Å². The maximum Gasteiger partial charge on any atom is 0.0223 e. The Balaban J connectivity index is 3.11. The SMILES string of the molecule is CC(C)(Br)CCCCl. The van der Waals surface area contributed by atoms with Gasteiger partial charge in [-0.1, -0.05) is 29.8 Å². The fourth-order valence-electron chi connectivity index (χ4n) is 0.487. The average Bonchev–Trinajstić information content (AvgIpc) is 1.59. The van der Waals surface area contributed by atoms with Crippen LogP contribution in [0, 0.1) is 0 Å². The fourth-order valence-corrected chi connectivity index (χ4v) is 0.901. The highest BCUT2D eigenvalue weighted by molar-refractivity contribution is 9.10. The quantitative estimate of drug-likeness (QED) is 0.613. The lowest BCUT2D eigenvalue weighted by atomic mass is 10.1. The third kappa shape index (κ3) is 6.77. The van der Waals surface area contributed by atoms with Crippen LogP contribution in [0.1, 0.15) is 26.7 Å². The molecule has 0 atom stereocenters. The molecule has 0 saturated heterocycles. The topological polar surface area (TPSA) is 0 Å². The van der Waals surface area contributed by atoms with Crippen molar-refractivity contribution in [3.8, 4) is 0 Å². The van der Waals surface area contributed by atoms with Crippen molar-refractivity contribution in [2.75, 3.05) is 5.88 Å². The first-order valence-electron chi connectivity index (χ1n) is 2.81. The smallest absolute Gasteiger partial charge is 0.0223 e. The minimum Gasteiger partial charge on any atom is -0.127 e. The van der Waals surface area contributed by atoms with Crippen LogP contribution in [0.2, 0.25) is 0 Å². The highest BCUT2D eigenvalue weighted by atomic mass is 79.9. The summed E-state index contributed by atoms with van der Waals surface area (Å²) in [5, 5.41) is 0. The van der Waals surface area contributed by atoms with Gasteiger partial charge in [0, 0.05) is 10.2 Å². The maximum atomic E-state index is 5.49. The summed E-state index contributed by atoms with van der Waals surface area (Å²) in [4.78, 5) is 0. The van der Waals surface area contributed by atoms with E-state index in [1.807, 2.05) is 0 Å². The second-order valence-corrected chi connectivity index (χ2v) is 5.04. The molecule has 0 N–H and O–H groups in total. The molecule has 0 spiro atoms. The highest BCUT2D eigenvalue weighted by Crippen LogP contribution is 2.21. The first kappa shape index (κ1) is 8.77. The summed E-state index contributed by atoms with van der Waals surface area (Å²) in [5.74, 6) is 0.773. The molecule has 0 amide bonds. The largest absolute Gasteiger partial charge is 0.127 e. The summed E-state index contributed by atoms with van der Waals surface area (Å²) >= 11 is 9.01. The zero-order chi connectivity index (χ0) is 6.62. The summed E-state index contributed by atoms with van der Waals surface area (Å²) in [7, 11) is 0. The Morgan fingerprint density at radius 3 is 2.12 bits per heavy atom. The van der Waals surface area contributed by atoms with Gasteiger partial charge in [-0.25, -0.2) is 0 Å². The normalized spacial score (nSPS) is 12.0. The average molecular weight is 200 g/mol. The molecule has 0 aliphatic heterocycles. The zero-order valence-corrected chi connectivity index (χ0v) is 7.72. The first-order chi connectivity index (χ1) is 3.56. The van der Waals surface area contributed by atoms with Crippen LogP contribution in [-0.4, -0.2) is 10.2 Å². The molecule has 0 aromatic carbocycles. The van der Waals surface area contributed by atoms with Crippen molar-refractivity contribution < 1.29 is 0 Å². The van der Waals surface area contributed by atoms with Crippen LogP contribution in [0.3, 0.4) is 0 Å². The molecule has 0 aliphatic carbocycles. The van der Waals surface area contributed by atoms with Gasteiger partial charge in [-0.05, 0) is 12.8 Å². The van der Waals surface area contributed by atoms with E-state index in [2.05, 4.69) is 29.8 Å². The van der Waals surface area contributed by atoms with Gasteiger partial charge in [0.05, 0.1) is 0 Å². The molecule has 0 unspecified atom stereocenters. The molecule has 0 heterocycles. The van der Waals surface area contributed by atoms with Crippen molar-refractivity contribution in [3.05, 3.63) is 0 Å². The van der Waals surface area contributed by atoms with E-state index >= 15 is 0 Å². The molecule has 0 saturated carbocycles. The van der Waals surface area contributed by atoms with E-state index in [-0.39, 0.29) is 4.32 Å². The Hall–Kier alpha value is 0.770. The predicted molar refractivity (Wildman–Crippen MR) is 43.0 cm³/mol. The van der Waals surface area contributed by atoms with Crippen LogP contribution in [0.4, 0.5) is 0 Å². The Labute approximate surface area is 64.7 Å². The van der Waals surface area contributed by atoms with E-state index in [0.717, 1.165) is 18.7 Å². The highest BCUT2D eigenvalue weighted by Gasteiger charge is 2.10. The molecule has 0 radical (unpaired) electrons. The molecule has 0 fully saturated rings. The second-order valence-electron chi connectivity index (χ2n) is 2.51. The van der Waals surface area contributed by atoms with Gasteiger partial charge >= 0.3 is 0 Å². The number of halogens is 2. The first-order valence-corrected chi connectivity index (χ1v) is 4.14. The van der Waals surface area contributed by atoms with Crippen molar-refractivity contribution in [1.29, 1.82) is 0 Å². The molecule has 0 aliphatic rings. The van der Waals surface area contributed by atoms with E-state index < -0.39 is 0 Å². The number of hydrogen-bond donors (Lipinski definition) is 0. The standard InChI is InChI=1S/C6H12BrCl/c1-6(2,7)4-3-5-8/h3-5H2,1-2H3. The van der Waals surface area contributed by atoms with Crippen LogP contribution in [0.15, 0.2) is 0 Å². The number of hydrogen-bond acceptors (Lipinski definition) is 0. The van der Waals surface area contributed by atoms with E-state index in [1.54, 1.807) is 0 Å². The lowest BCUT2D eigenvalue weighted by Gasteiger charge is -2.13. The van der Waals surface area contributed by atoms with Crippen LogP contribution in [-0.2, 0) is 0 Å². The van der Waals surface area contributed by atoms with Gasteiger partial charge in [-0.2, -0.15) is 0 Å². The molecular formula is C6H12BrCl. The molecule has 0 rings (SSSR count). The monoisotopic (exact) mass is 198 g/mol. The van der Waals surface area contributed by atoms with Crippen molar-refractivity contribution in [3.63, 3.8) is 0 Å². The summed E-state index contributed by atoms with van der Waals surface area (Å²) < 4.78 is 0.280. The van der Waals surface area contributed by atoms with E-state index in [0.29, 0.717) is 0 Å². The van der Waals surface area contributed by atoms with E-state index in [1.165, 1.54) is 0 Å². The predicted octanol–water partition coefficient (Wildman–Crippen LogP) is 3.18. The summed E-state index contributed by atoms with van der Waals surface area (Å²) in [6, 6.07) is 0. The molecule has 8 heavy (non-hydrogen) atoms. The summed E-state index contributed by atoms with van der Waals surface area (Å²) in [6.07, 6.45) is 2.25. The fraction of sp³-hybridized carbons (Fsp3) is 1.00. The number of alkyl halides is 2. The molecule has 0 aromatic rings. The lowest BCUT2D eigenvalue weighted by molar-refractivity contribution is 0.642. The van der Waals surface area contributed by atoms with Crippen molar-refractivity contribution in [1.82, 2.24) is 0 Å². The third-order valence-corrected chi connectivity index (χ3v) is 1.57. The van der Waals surface area contributed by atoms with Crippen molar-refractivity contribution in [2.45, 2.75) is 31.0 Å². The minimum atomic E-state index is 0.280. The Morgan fingerprint density at radius 2 is 2.00 bits per heavy atom. The Kier molecular flexibility index (Phi) is 4.09.